The summed E-state index contributed by atoms with van der Waals surface area (Å²) in [5.74, 6) is 1.22. The van der Waals surface area contributed by atoms with Crippen LogP contribution in [0.5, 0.6) is 0 Å². The van der Waals surface area contributed by atoms with Gasteiger partial charge in [0.1, 0.15) is 5.65 Å². The SMILES string of the molecule is CC1CCCC(C)C1NC(=O)Cc1cn2ccccc2n1. The van der Waals surface area contributed by atoms with Crippen molar-refractivity contribution in [2.24, 2.45) is 11.8 Å². The molecule has 0 bridgehead atoms. The summed E-state index contributed by atoms with van der Waals surface area (Å²) < 4.78 is 1.95. The van der Waals surface area contributed by atoms with E-state index in [1.807, 2.05) is 35.0 Å². The number of amides is 1. The first kappa shape index (κ1) is 14.1. The molecule has 21 heavy (non-hydrogen) atoms. The first-order chi connectivity index (χ1) is 10.1. The van der Waals surface area contributed by atoms with Gasteiger partial charge < -0.3 is 9.72 Å². The van der Waals surface area contributed by atoms with Crippen LogP contribution in [0.2, 0.25) is 0 Å². The molecule has 1 amide bonds. The standard InChI is InChI=1S/C17H23N3O/c1-12-6-5-7-13(2)17(12)19-16(21)10-14-11-20-9-4-3-8-15(20)18-14/h3-4,8-9,11-13,17H,5-7,10H2,1-2H3,(H,19,21). The molecule has 0 saturated heterocycles. The monoisotopic (exact) mass is 285 g/mol. The molecule has 1 N–H and O–H groups in total. The van der Waals surface area contributed by atoms with Crippen LogP contribution in [0, 0.1) is 11.8 Å². The summed E-state index contributed by atoms with van der Waals surface area (Å²) in [7, 11) is 0. The Morgan fingerprint density at radius 2 is 2.10 bits per heavy atom. The van der Waals surface area contributed by atoms with Crippen molar-refractivity contribution in [1.82, 2.24) is 14.7 Å². The summed E-state index contributed by atoms with van der Waals surface area (Å²) >= 11 is 0. The average Bonchev–Trinajstić information content (AvgIpc) is 2.85. The summed E-state index contributed by atoms with van der Waals surface area (Å²) in [6, 6.07) is 6.18. The van der Waals surface area contributed by atoms with E-state index in [4.69, 9.17) is 0 Å². The number of hydrogen-bond donors (Lipinski definition) is 1. The third-order valence-corrected chi connectivity index (χ3v) is 4.63. The van der Waals surface area contributed by atoms with Crippen LogP contribution in [0.4, 0.5) is 0 Å². The van der Waals surface area contributed by atoms with E-state index < -0.39 is 0 Å². The minimum absolute atomic E-state index is 0.0870. The lowest BCUT2D eigenvalue weighted by molar-refractivity contribution is -0.122. The Morgan fingerprint density at radius 3 is 2.81 bits per heavy atom. The fraction of sp³-hybridized carbons (Fsp3) is 0.529. The Morgan fingerprint density at radius 1 is 1.33 bits per heavy atom. The second kappa shape index (κ2) is 5.88. The fourth-order valence-electron chi connectivity index (χ4n) is 3.44. The number of fused-ring (bicyclic) bond motifs is 1. The summed E-state index contributed by atoms with van der Waals surface area (Å²) in [6.07, 6.45) is 7.95. The van der Waals surface area contributed by atoms with E-state index in [0.29, 0.717) is 24.3 Å². The normalized spacial score (nSPS) is 25.9. The highest BCUT2D eigenvalue weighted by molar-refractivity contribution is 5.78. The minimum Gasteiger partial charge on any atom is -0.352 e. The number of imidazole rings is 1. The molecule has 1 saturated carbocycles. The zero-order chi connectivity index (χ0) is 14.8. The quantitative estimate of drug-likeness (QED) is 0.942. The van der Waals surface area contributed by atoms with Crippen LogP contribution >= 0.6 is 0 Å². The van der Waals surface area contributed by atoms with Crippen molar-refractivity contribution in [3.63, 3.8) is 0 Å². The van der Waals surface area contributed by atoms with E-state index in [1.54, 1.807) is 0 Å². The molecular formula is C17H23N3O. The van der Waals surface area contributed by atoms with Crippen molar-refractivity contribution in [1.29, 1.82) is 0 Å². The minimum atomic E-state index is 0.0870. The van der Waals surface area contributed by atoms with E-state index in [9.17, 15) is 4.79 Å². The second-order valence-electron chi connectivity index (χ2n) is 6.35. The van der Waals surface area contributed by atoms with Gasteiger partial charge in [0, 0.05) is 18.4 Å². The molecule has 4 nitrogen and oxygen atoms in total. The first-order valence-electron chi connectivity index (χ1n) is 7.85. The number of rotatable bonds is 3. The zero-order valence-electron chi connectivity index (χ0n) is 12.7. The molecule has 0 aliphatic heterocycles. The molecule has 2 unspecified atom stereocenters. The number of carbonyl (C=O) groups excluding carboxylic acids is 1. The Kier molecular flexibility index (Phi) is 3.95. The van der Waals surface area contributed by atoms with Crippen LogP contribution in [0.3, 0.4) is 0 Å². The lowest BCUT2D eigenvalue weighted by Gasteiger charge is -2.35. The van der Waals surface area contributed by atoms with Crippen molar-refractivity contribution in [3.05, 3.63) is 36.3 Å². The molecule has 112 valence electrons. The molecule has 4 heteroatoms. The maximum atomic E-state index is 12.3. The molecule has 2 atom stereocenters. The molecule has 1 aliphatic rings. The van der Waals surface area contributed by atoms with Crippen molar-refractivity contribution in [2.75, 3.05) is 0 Å². The third kappa shape index (κ3) is 3.09. The number of hydrogen-bond acceptors (Lipinski definition) is 2. The van der Waals surface area contributed by atoms with Gasteiger partial charge in [-0.15, -0.1) is 0 Å². The smallest absolute Gasteiger partial charge is 0.226 e. The Balaban J connectivity index is 1.65. The number of nitrogens with zero attached hydrogens (tertiary/aromatic N) is 2. The summed E-state index contributed by atoms with van der Waals surface area (Å²) in [6.45, 7) is 4.48. The highest BCUT2D eigenvalue weighted by atomic mass is 16.1. The van der Waals surface area contributed by atoms with Crippen molar-refractivity contribution < 1.29 is 4.79 Å². The summed E-state index contributed by atoms with van der Waals surface area (Å²) in [5, 5.41) is 3.22. The zero-order valence-corrected chi connectivity index (χ0v) is 12.7. The van der Waals surface area contributed by atoms with Gasteiger partial charge in [0.25, 0.3) is 0 Å². The van der Waals surface area contributed by atoms with Gasteiger partial charge in [-0.25, -0.2) is 4.98 Å². The van der Waals surface area contributed by atoms with Gasteiger partial charge in [-0.1, -0.05) is 26.3 Å². The van der Waals surface area contributed by atoms with Gasteiger partial charge in [-0.3, -0.25) is 4.79 Å². The molecule has 0 radical (unpaired) electrons. The number of nitrogens with one attached hydrogen (secondary N) is 1. The Hall–Kier alpha value is -1.84. The van der Waals surface area contributed by atoms with Crippen molar-refractivity contribution in [3.8, 4) is 0 Å². The first-order valence-corrected chi connectivity index (χ1v) is 7.85. The van der Waals surface area contributed by atoms with Crippen molar-refractivity contribution >= 4 is 11.6 Å². The molecular weight excluding hydrogens is 262 g/mol. The number of aromatic nitrogens is 2. The van der Waals surface area contributed by atoms with Gasteiger partial charge in [0.05, 0.1) is 12.1 Å². The highest BCUT2D eigenvalue weighted by Crippen LogP contribution is 2.28. The number of pyridine rings is 1. The second-order valence-corrected chi connectivity index (χ2v) is 6.35. The molecule has 1 fully saturated rings. The topological polar surface area (TPSA) is 46.4 Å². The highest BCUT2D eigenvalue weighted by Gasteiger charge is 2.28. The molecule has 0 spiro atoms. The van der Waals surface area contributed by atoms with Crippen LogP contribution in [0.15, 0.2) is 30.6 Å². The van der Waals surface area contributed by atoms with E-state index in [-0.39, 0.29) is 5.91 Å². The van der Waals surface area contributed by atoms with E-state index >= 15 is 0 Å². The Bertz CT molecular complexity index is 591. The molecule has 0 aromatic carbocycles. The van der Waals surface area contributed by atoms with Gasteiger partial charge in [0.2, 0.25) is 5.91 Å². The molecule has 2 aromatic heterocycles. The van der Waals surface area contributed by atoms with Crippen LogP contribution in [0.25, 0.3) is 5.65 Å². The summed E-state index contributed by atoms with van der Waals surface area (Å²) in [5.41, 5.74) is 1.72. The van der Waals surface area contributed by atoms with Gasteiger partial charge >= 0.3 is 0 Å². The maximum Gasteiger partial charge on any atom is 0.226 e. The van der Waals surface area contributed by atoms with Crippen LogP contribution in [0.1, 0.15) is 38.8 Å². The molecule has 2 heterocycles. The van der Waals surface area contributed by atoms with E-state index in [1.165, 1.54) is 19.3 Å². The van der Waals surface area contributed by atoms with Crippen LogP contribution in [-0.2, 0) is 11.2 Å². The Labute approximate surface area is 125 Å². The van der Waals surface area contributed by atoms with E-state index in [2.05, 4.69) is 24.1 Å². The molecule has 1 aliphatic carbocycles. The lowest BCUT2D eigenvalue weighted by Crippen LogP contribution is -2.46. The predicted octanol–water partition coefficient (Wildman–Crippen LogP) is 2.82. The van der Waals surface area contributed by atoms with Gasteiger partial charge in [-0.05, 0) is 36.8 Å². The predicted molar refractivity (Wildman–Crippen MR) is 83.0 cm³/mol. The van der Waals surface area contributed by atoms with Crippen molar-refractivity contribution in [2.45, 2.75) is 45.6 Å². The molecule has 2 aromatic rings. The van der Waals surface area contributed by atoms with Gasteiger partial charge in [0.15, 0.2) is 0 Å². The third-order valence-electron chi connectivity index (χ3n) is 4.63. The number of carbonyl (C=O) groups is 1. The lowest BCUT2D eigenvalue weighted by atomic mass is 9.78. The largest absolute Gasteiger partial charge is 0.352 e. The van der Waals surface area contributed by atoms with Gasteiger partial charge in [-0.2, -0.15) is 0 Å². The summed E-state index contributed by atoms with van der Waals surface area (Å²) in [4.78, 5) is 16.8. The fourth-order valence-corrected chi connectivity index (χ4v) is 3.44. The maximum absolute atomic E-state index is 12.3. The molecule has 3 rings (SSSR count). The van der Waals surface area contributed by atoms with Crippen LogP contribution < -0.4 is 5.32 Å². The van der Waals surface area contributed by atoms with Crippen LogP contribution in [-0.4, -0.2) is 21.3 Å². The van der Waals surface area contributed by atoms with E-state index in [0.717, 1.165) is 11.3 Å². The average molecular weight is 285 g/mol.